The molecule has 2 aliphatic rings. The molecule has 4 heterocycles. The number of benzene rings is 2. The van der Waals surface area contributed by atoms with Crippen molar-refractivity contribution in [1.29, 1.82) is 0 Å². The summed E-state index contributed by atoms with van der Waals surface area (Å²) in [7, 11) is 0. The smallest absolute Gasteiger partial charge is 0.232 e. The van der Waals surface area contributed by atoms with Crippen LogP contribution < -0.4 is 20.3 Å². The Morgan fingerprint density at radius 1 is 0.889 bits per heavy atom. The van der Waals surface area contributed by atoms with Crippen molar-refractivity contribution in [2.45, 2.75) is 25.0 Å². The number of para-hydroxylation sites is 1. The van der Waals surface area contributed by atoms with Gasteiger partial charge in [0.25, 0.3) is 0 Å². The maximum atomic E-state index is 6.31. The number of imidazole rings is 1. The predicted octanol–water partition coefficient (Wildman–Crippen LogP) is 4.34. The lowest BCUT2D eigenvalue weighted by Gasteiger charge is -2.37. The van der Waals surface area contributed by atoms with E-state index in [0.29, 0.717) is 5.88 Å². The Morgan fingerprint density at radius 3 is 2.50 bits per heavy atom. The summed E-state index contributed by atoms with van der Waals surface area (Å²) >= 11 is 0. The van der Waals surface area contributed by atoms with Gasteiger partial charge < -0.3 is 24.7 Å². The van der Waals surface area contributed by atoms with E-state index >= 15 is 0 Å². The fraction of sp³-hybridized carbons (Fsp3) is 0.286. The van der Waals surface area contributed by atoms with Crippen LogP contribution in [-0.2, 0) is 0 Å². The fourth-order valence-corrected chi connectivity index (χ4v) is 5.25. The molecule has 0 unspecified atom stereocenters. The first-order valence-electron chi connectivity index (χ1n) is 12.6. The van der Waals surface area contributed by atoms with Crippen molar-refractivity contribution in [3.63, 3.8) is 0 Å². The second kappa shape index (κ2) is 8.57. The highest BCUT2D eigenvalue weighted by Crippen LogP contribution is 2.35. The van der Waals surface area contributed by atoms with E-state index < -0.39 is 0 Å². The lowest BCUT2D eigenvalue weighted by Crippen LogP contribution is -2.46. The molecule has 8 nitrogen and oxygen atoms in total. The Balaban J connectivity index is 1.17. The topological polar surface area (TPSA) is 85.1 Å². The molecule has 1 saturated carbocycles. The van der Waals surface area contributed by atoms with Crippen LogP contribution in [0.1, 0.15) is 12.8 Å². The van der Waals surface area contributed by atoms with Gasteiger partial charge in [-0.05, 0) is 49.2 Å². The summed E-state index contributed by atoms with van der Waals surface area (Å²) in [6.45, 7) is 3.88. The number of ether oxygens (including phenoxy) is 1. The number of nitrogens with two attached hydrogens (primary N) is 1. The van der Waals surface area contributed by atoms with Crippen LogP contribution >= 0.6 is 0 Å². The van der Waals surface area contributed by atoms with Crippen LogP contribution in [0.15, 0.2) is 77.3 Å². The summed E-state index contributed by atoms with van der Waals surface area (Å²) in [5.74, 6) is 1.31. The molecule has 2 fully saturated rings. The van der Waals surface area contributed by atoms with Gasteiger partial charge in [-0.2, -0.15) is 0 Å². The van der Waals surface area contributed by atoms with E-state index in [1.807, 2.05) is 18.2 Å². The predicted molar refractivity (Wildman–Crippen MR) is 141 cm³/mol. The van der Waals surface area contributed by atoms with E-state index in [2.05, 4.69) is 63.3 Å². The molecule has 0 spiro atoms. The average Bonchev–Trinajstić information content (AvgIpc) is 3.52. The second-order valence-electron chi connectivity index (χ2n) is 9.67. The number of nitrogens with zero attached hydrogens (tertiary/aromatic N) is 5. The summed E-state index contributed by atoms with van der Waals surface area (Å²) in [5, 5.41) is 5.80. The number of piperazine rings is 1. The van der Waals surface area contributed by atoms with Crippen molar-refractivity contribution in [2.24, 2.45) is 5.73 Å². The number of fused-ring (bicyclic) bond motifs is 2. The molecule has 3 aromatic heterocycles. The molecule has 36 heavy (non-hydrogen) atoms. The van der Waals surface area contributed by atoms with Gasteiger partial charge in [0.15, 0.2) is 11.4 Å². The van der Waals surface area contributed by atoms with Crippen LogP contribution in [0, 0.1) is 0 Å². The van der Waals surface area contributed by atoms with Gasteiger partial charge in [-0.15, -0.1) is 5.10 Å². The third-order valence-corrected chi connectivity index (χ3v) is 7.29. The Morgan fingerprint density at radius 2 is 1.69 bits per heavy atom. The van der Waals surface area contributed by atoms with Gasteiger partial charge in [0.1, 0.15) is 17.4 Å². The zero-order valence-corrected chi connectivity index (χ0v) is 20.0. The summed E-state index contributed by atoms with van der Waals surface area (Å²) in [6.07, 6.45) is 3.67. The molecular weight excluding hydrogens is 452 g/mol. The summed E-state index contributed by atoms with van der Waals surface area (Å²) in [6, 6.07) is 23.0. The molecule has 1 aliphatic heterocycles. The van der Waals surface area contributed by atoms with Crippen molar-refractivity contribution in [2.75, 3.05) is 36.0 Å². The second-order valence-corrected chi connectivity index (χ2v) is 9.67. The SMILES string of the molecule is N[C@H]1C[C@H](Oc2ccc3ncc(-c4cc5c(N6CCN(c7ccccc7)CC6)cccc5o4)n3n2)C1. The Bertz CT molecular complexity index is 1510. The molecule has 0 radical (unpaired) electrons. The summed E-state index contributed by atoms with van der Waals surface area (Å²) in [5.41, 5.74) is 10.8. The van der Waals surface area contributed by atoms with E-state index in [-0.39, 0.29) is 12.1 Å². The lowest BCUT2D eigenvalue weighted by molar-refractivity contribution is 0.0944. The van der Waals surface area contributed by atoms with Crippen LogP contribution in [-0.4, -0.2) is 52.9 Å². The van der Waals surface area contributed by atoms with E-state index in [0.717, 1.165) is 67.1 Å². The minimum Gasteiger partial charge on any atom is -0.473 e. The first kappa shape index (κ1) is 21.3. The van der Waals surface area contributed by atoms with Gasteiger partial charge in [-0.3, -0.25) is 0 Å². The van der Waals surface area contributed by atoms with Crippen LogP contribution in [0.25, 0.3) is 28.1 Å². The fourth-order valence-electron chi connectivity index (χ4n) is 5.25. The zero-order chi connectivity index (χ0) is 24.1. The number of furan rings is 1. The molecule has 0 bridgehead atoms. The number of aromatic nitrogens is 3. The molecule has 7 rings (SSSR count). The highest BCUT2D eigenvalue weighted by Gasteiger charge is 2.28. The molecule has 1 saturated heterocycles. The first-order valence-corrected chi connectivity index (χ1v) is 12.6. The third kappa shape index (κ3) is 3.74. The number of anilines is 2. The lowest BCUT2D eigenvalue weighted by atomic mass is 9.90. The first-order chi connectivity index (χ1) is 17.7. The molecule has 182 valence electrons. The largest absolute Gasteiger partial charge is 0.473 e. The molecular formula is C28H28N6O2. The van der Waals surface area contributed by atoms with Crippen LogP contribution in [0.4, 0.5) is 11.4 Å². The van der Waals surface area contributed by atoms with Gasteiger partial charge in [0, 0.05) is 55.0 Å². The van der Waals surface area contributed by atoms with Gasteiger partial charge >= 0.3 is 0 Å². The Hall–Kier alpha value is -4.04. The van der Waals surface area contributed by atoms with Crippen LogP contribution in [0.5, 0.6) is 5.88 Å². The summed E-state index contributed by atoms with van der Waals surface area (Å²) in [4.78, 5) is 9.42. The van der Waals surface area contributed by atoms with Gasteiger partial charge in [0.05, 0.1) is 6.20 Å². The number of hydrogen-bond acceptors (Lipinski definition) is 7. The Kier molecular flexibility index (Phi) is 5.06. The third-order valence-electron chi connectivity index (χ3n) is 7.29. The molecule has 0 atom stereocenters. The molecule has 8 heteroatoms. The standard InChI is InChI=1S/C28H28N6O2/c29-19-15-21(16-19)35-28-10-9-27-30-18-24(34(27)31-28)26-17-22-23(7-4-8-25(22)36-26)33-13-11-32(12-14-33)20-5-2-1-3-6-20/h1-10,17-19,21H,11-16,29H2/t19-,21-. The maximum absolute atomic E-state index is 6.31. The van der Waals surface area contributed by atoms with Crippen molar-refractivity contribution < 1.29 is 9.15 Å². The number of rotatable bonds is 5. The van der Waals surface area contributed by atoms with Gasteiger partial charge in [-0.1, -0.05) is 24.3 Å². The van der Waals surface area contributed by atoms with Crippen LogP contribution in [0.2, 0.25) is 0 Å². The van der Waals surface area contributed by atoms with Crippen molar-refractivity contribution in [3.05, 3.63) is 72.9 Å². The molecule has 2 N–H and O–H groups in total. The average molecular weight is 481 g/mol. The van der Waals surface area contributed by atoms with Crippen molar-refractivity contribution >= 4 is 28.0 Å². The number of hydrogen-bond donors (Lipinski definition) is 1. The Labute approximate surface area is 208 Å². The van der Waals surface area contributed by atoms with Crippen molar-refractivity contribution in [1.82, 2.24) is 14.6 Å². The minimum absolute atomic E-state index is 0.132. The van der Waals surface area contributed by atoms with Gasteiger partial charge in [-0.25, -0.2) is 9.50 Å². The quantitative estimate of drug-likeness (QED) is 0.401. The molecule has 2 aromatic carbocycles. The van der Waals surface area contributed by atoms with E-state index in [4.69, 9.17) is 20.0 Å². The van der Waals surface area contributed by atoms with E-state index in [1.54, 1.807) is 10.7 Å². The zero-order valence-electron chi connectivity index (χ0n) is 20.0. The molecule has 5 aromatic rings. The molecule has 1 aliphatic carbocycles. The van der Waals surface area contributed by atoms with Gasteiger partial charge in [0.2, 0.25) is 5.88 Å². The maximum Gasteiger partial charge on any atom is 0.232 e. The highest BCUT2D eigenvalue weighted by molar-refractivity contribution is 5.94. The normalized spacial score (nSPS) is 20.1. The monoisotopic (exact) mass is 480 g/mol. The van der Waals surface area contributed by atoms with Crippen molar-refractivity contribution in [3.8, 4) is 17.3 Å². The minimum atomic E-state index is 0.132. The van der Waals surface area contributed by atoms with Crippen LogP contribution in [0.3, 0.4) is 0 Å². The highest BCUT2D eigenvalue weighted by atomic mass is 16.5. The van der Waals surface area contributed by atoms with E-state index in [1.165, 1.54) is 11.4 Å². The molecule has 0 amide bonds. The van der Waals surface area contributed by atoms with E-state index in [9.17, 15) is 0 Å². The summed E-state index contributed by atoms with van der Waals surface area (Å²) < 4.78 is 14.1.